The van der Waals surface area contributed by atoms with Crippen molar-refractivity contribution in [3.63, 3.8) is 0 Å². The van der Waals surface area contributed by atoms with Gasteiger partial charge in [0, 0.05) is 0 Å². The van der Waals surface area contributed by atoms with Crippen molar-refractivity contribution in [1.82, 2.24) is 9.97 Å². The molecule has 1 heterocycles. The summed E-state index contributed by atoms with van der Waals surface area (Å²) in [4.78, 5) is 18.5. The third-order valence-corrected chi connectivity index (χ3v) is 1.64. The number of rotatable bonds is 5. The van der Waals surface area contributed by atoms with Crippen LogP contribution in [0.1, 0.15) is 13.8 Å². The molecule has 2 N–H and O–H groups in total. The van der Waals surface area contributed by atoms with Gasteiger partial charge in [-0.3, -0.25) is 9.78 Å². The van der Waals surface area contributed by atoms with Gasteiger partial charge in [-0.15, -0.1) is 0 Å². The Morgan fingerprint density at radius 3 is 3.00 bits per heavy atom. The Hall–Kier alpha value is -1.85. The molecule has 1 aromatic rings. The lowest BCUT2D eigenvalue weighted by atomic mass is 10.3. The predicted molar refractivity (Wildman–Crippen MR) is 53.9 cm³/mol. The summed E-state index contributed by atoms with van der Waals surface area (Å²) < 4.78 is 5.13. The monoisotopic (exact) mass is 211 g/mol. The maximum atomic E-state index is 10.6. The van der Waals surface area contributed by atoms with Gasteiger partial charge in [0.05, 0.1) is 19.0 Å². The first-order chi connectivity index (χ1) is 7.13. The van der Waals surface area contributed by atoms with E-state index >= 15 is 0 Å². The van der Waals surface area contributed by atoms with Gasteiger partial charge >= 0.3 is 5.97 Å². The predicted octanol–water partition coefficient (Wildman–Crippen LogP) is 0.760. The number of nitrogens with one attached hydrogen (secondary N) is 1. The van der Waals surface area contributed by atoms with Crippen molar-refractivity contribution in [3.05, 3.63) is 12.4 Å². The molecule has 1 atom stereocenters. The highest BCUT2D eigenvalue weighted by atomic mass is 16.5. The topological polar surface area (TPSA) is 84.3 Å². The molecule has 1 rings (SSSR count). The SMILES string of the molecule is CCOc1cncc(N[C@@H](C)C(=O)O)n1. The maximum Gasteiger partial charge on any atom is 0.325 e. The molecule has 0 saturated carbocycles. The first-order valence-corrected chi connectivity index (χ1v) is 4.57. The number of carbonyl (C=O) groups is 1. The van der Waals surface area contributed by atoms with E-state index in [1.165, 1.54) is 19.3 Å². The number of ether oxygens (including phenoxy) is 1. The average Bonchev–Trinajstić information content (AvgIpc) is 2.18. The molecular formula is C9H13N3O3. The smallest absolute Gasteiger partial charge is 0.325 e. The molecule has 15 heavy (non-hydrogen) atoms. The van der Waals surface area contributed by atoms with Crippen molar-refractivity contribution in [2.45, 2.75) is 19.9 Å². The van der Waals surface area contributed by atoms with Gasteiger partial charge in [-0.2, -0.15) is 4.98 Å². The van der Waals surface area contributed by atoms with Crippen LogP contribution < -0.4 is 10.1 Å². The van der Waals surface area contributed by atoms with E-state index in [2.05, 4.69) is 15.3 Å². The molecule has 0 amide bonds. The summed E-state index contributed by atoms with van der Waals surface area (Å²) in [5.41, 5.74) is 0. The minimum Gasteiger partial charge on any atom is -0.480 e. The Kier molecular flexibility index (Phi) is 3.84. The summed E-state index contributed by atoms with van der Waals surface area (Å²) >= 11 is 0. The van der Waals surface area contributed by atoms with Crippen molar-refractivity contribution in [2.24, 2.45) is 0 Å². The number of anilines is 1. The fourth-order valence-electron chi connectivity index (χ4n) is 0.919. The Balaban J connectivity index is 2.68. The van der Waals surface area contributed by atoms with Gasteiger partial charge in [-0.1, -0.05) is 0 Å². The Bertz CT molecular complexity index is 343. The van der Waals surface area contributed by atoms with Crippen molar-refractivity contribution in [3.8, 4) is 5.88 Å². The van der Waals surface area contributed by atoms with E-state index in [1.54, 1.807) is 0 Å². The third-order valence-electron chi connectivity index (χ3n) is 1.64. The van der Waals surface area contributed by atoms with Crippen LogP contribution in [0, 0.1) is 0 Å². The molecule has 82 valence electrons. The lowest BCUT2D eigenvalue weighted by molar-refractivity contribution is -0.137. The van der Waals surface area contributed by atoms with E-state index in [1.807, 2.05) is 6.92 Å². The number of aliphatic carboxylic acids is 1. The standard InChI is InChI=1S/C9H13N3O3/c1-3-15-8-5-10-4-7(12-8)11-6(2)9(13)14/h4-6H,3H2,1-2H3,(H,11,12)(H,13,14)/t6-/m0/s1. The fraction of sp³-hybridized carbons (Fsp3) is 0.444. The van der Waals surface area contributed by atoms with Crippen molar-refractivity contribution in [2.75, 3.05) is 11.9 Å². The second-order valence-electron chi connectivity index (χ2n) is 2.88. The quantitative estimate of drug-likeness (QED) is 0.748. The molecule has 0 aliphatic carbocycles. The number of aromatic nitrogens is 2. The van der Waals surface area contributed by atoms with Gasteiger partial charge in [0.2, 0.25) is 5.88 Å². The van der Waals surface area contributed by atoms with E-state index < -0.39 is 12.0 Å². The first kappa shape index (κ1) is 11.2. The van der Waals surface area contributed by atoms with Crippen LogP contribution in [0.4, 0.5) is 5.82 Å². The van der Waals surface area contributed by atoms with Crippen LogP contribution in [-0.2, 0) is 4.79 Å². The number of carboxylic acid groups (broad SMARTS) is 1. The van der Waals surface area contributed by atoms with Crippen LogP contribution in [0.3, 0.4) is 0 Å². The van der Waals surface area contributed by atoms with Crippen LogP contribution in [0.5, 0.6) is 5.88 Å². The molecule has 0 spiro atoms. The molecule has 0 aliphatic heterocycles. The molecule has 0 unspecified atom stereocenters. The van der Waals surface area contributed by atoms with E-state index in [-0.39, 0.29) is 0 Å². The largest absolute Gasteiger partial charge is 0.480 e. The molecule has 0 bridgehead atoms. The number of nitrogens with zero attached hydrogens (tertiary/aromatic N) is 2. The van der Waals surface area contributed by atoms with E-state index in [4.69, 9.17) is 9.84 Å². The summed E-state index contributed by atoms with van der Waals surface area (Å²) in [5.74, 6) is -0.186. The van der Waals surface area contributed by atoms with Gasteiger partial charge in [0.25, 0.3) is 0 Å². The summed E-state index contributed by atoms with van der Waals surface area (Å²) in [6.07, 6.45) is 2.92. The second kappa shape index (κ2) is 5.14. The van der Waals surface area contributed by atoms with Crippen molar-refractivity contribution >= 4 is 11.8 Å². The van der Waals surface area contributed by atoms with Crippen molar-refractivity contribution < 1.29 is 14.6 Å². The maximum absolute atomic E-state index is 10.6. The highest BCUT2D eigenvalue weighted by molar-refractivity contribution is 5.76. The van der Waals surface area contributed by atoms with E-state index in [9.17, 15) is 4.79 Å². The van der Waals surface area contributed by atoms with E-state index in [0.717, 1.165) is 0 Å². The van der Waals surface area contributed by atoms with Gasteiger partial charge in [-0.25, -0.2) is 0 Å². The molecule has 0 aliphatic rings. The zero-order valence-corrected chi connectivity index (χ0v) is 8.60. The van der Waals surface area contributed by atoms with Gasteiger partial charge in [-0.05, 0) is 13.8 Å². The fourth-order valence-corrected chi connectivity index (χ4v) is 0.919. The summed E-state index contributed by atoms with van der Waals surface area (Å²) in [6.45, 7) is 3.85. The minimum absolute atomic E-state index is 0.375. The number of carboxylic acids is 1. The van der Waals surface area contributed by atoms with Crippen LogP contribution in [0.2, 0.25) is 0 Å². The normalized spacial score (nSPS) is 11.9. The van der Waals surface area contributed by atoms with Crippen molar-refractivity contribution in [1.29, 1.82) is 0 Å². The lowest BCUT2D eigenvalue weighted by Crippen LogP contribution is -2.25. The Labute approximate surface area is 87.3 Å². The number of hydrogen-bond donors (Lipinski definition) is 2. The lowest BCUT2D eigenvalue weighted by Gasteiger charge is -2.10. The minimum atomic E-state index is -0.946. The second-order valence-corrected chi connectivity index (χ2v) is 2.88. The summed E-state index contributed by atoms with van der Waals surface area (Å²) in [7, 11) is 0. The first-order valence-electron chi connectivity index (χ1n) is 4.57. The molecule has 6 nitrogen and oxygen atoms in total. The van der Waals surface area contributed by atoms with Gasteiger partial charge in [0.15, 0.2) is 0 Å². The molecule has 1 aromatic heterocycles. The zero-order chi connectivity index (χ0) is 11.3. The Morgan fingerprint density at radius 1 is 1.67 bits per heavy atom. The van der Waals surface area contributed by atoms with Crippen LogP contribution in [0.25, 0.3) is 0 Å². The summed E-state index contributed by atoms with van der Waals surface area (Å²) in [5, 5.41) is 11.4. The molecule has 0 aromatic carbocycles. The molecular weight excluding hydrogens is 198 g/mol. The highest BCUT2D eigenvalue weighted by Crippen LogP contribution is 2.09. The van der Waals surface area contributed by atoms with Gasteiger partial charge in [0.1, 0.15) is 11.9 Å². The van der Waals surface area contributed by atoms with Crippen LogP contribution >= 0.6 is 0 Å². The average molecular weight is 211 g/mol. The molecule has 6 heteroatoms. The zero-order valence-electron chi connectivity index (χ0n) is 8.60. The van der Waals surface area contributed by atoms with Crippen LogP contribution in [-0.4, -0.2) is 33.7 Å². The molecule has 0 radical (unpaired) electrons. The molecule has 0 saturated heterocycles. The third kappa shape index (κ3) is 3.41. The van der Waals surface area contributed by atoms with E-state index in [0.29, 0.717) is 18.3 Å². The van der Waals surface area contributed by atoms with Gasteiger partial charge < -0.3 is 15.2 Å². The molecule has 0 fully saturated rings. The highest BCUT2D eigenvalue weighted by Gasteiger charge is 2.11. The number of hydrogen-bond acceptors (Lipinski definition) is 5. The Morgan fingerprint density at radius 2 is 2.40 bits per heavy atom. The summed E-state index contributed by atoms with van der Waals surface area (Å²) in [6, 6.07) is -0.712. The van der Waals surface area contributed by atoms with Crippen LogP contribution in [0.15, 0.2) is 12.4 Å².